The van der Waals surface area contributed by atoms with E-state index >= 15 is 0 Å². The molecule has 0 heterocycles. The Labute approximate surface area is 175 Å². The third-order valence-electron chi connectivity index (χ3n) is 4.91. The van der Waals surface area contributed by atoms with Crippen LogP contribution in [0.5, 0.6) is 0 Å². The topological polar surface area (TPSA) is 74.8 Å². The lowest BCUT2D eigenvalue weighted by Crippen LogP contribution is -2.40. The fourth-order valence-electron chi connectivity index (χ4n) is 3.45. The van der Waals surface area contributed by atoms with Crippen molar-refractivity contribution in [2.45, 2.75) is 77.5 Å². The van der Waals surface area contributed by atoms with Crippen molar-refractivity contribution in [3.05, 3.63) is 35.4 Å². The van der Waals surface area contributed by atoms with E-state index in [9.17, 15) is 4.79 Å². The molecule has 0 atom stereocenters. The number of amides is 1. The summed E-state index contributed by atoms with van der Waals surface area (Å²) in [5.41, 5.74) is 1.44. The molecule has 1 aromatic carbocycles. The molecule has 0 bridgehead atoms. The lowest BCUT2D eigenvalue weighted by molar-refractivity contribution is 0.0468. The van der Waals surface area contributed by atoms with E-state index in [1.807, 2.05) is 45.0 Å². The lowest BCUT2D eigenvalue weighted by Gasteiger charge is -2.20. The maximum absolute atomic E-state index is 12.4. The first-order chi connectivity index (χ1) is 13.9. The van der Waals surface area contributed by atoms with E-state index in [1.54, 1.807) is 7.05 Å². The van der Waals surface area contributed by atoms with Crippen molar-refractivity contribution < 1.29 is 9.53 Å². The van der Waals surface area contributed by atoms with Crippen LogP contribution in [0.4, 0.5) is 0 Å². The van der Waals surface area contributed by atoms with Gasteiger partial charge >= 0.3 is 0 Å². The van der Waals surface area contributed by atoms with Gasteiger partial charge in [0.2, 0.25) is 0 Å². The van der Waals surface area contributed by atoms with Crippen LogP contribution in [-0.2, 0) is 11.3 Å². The van der Waals surface area contributed by atoms with Gasteiger partial charge in [0.15, 0.2) is 5.96 Å². The molecule has 0 aromatic heterocycles. The number of hydrogen-bond donors (Lipinski definition) is 3. The molecule has 0 saturated heterocycles. The monoisotopic (exact) mass is 402 g/mol. The van der Waals surface area contributed by atoms with Crippen molar-refractivity contribution in [1.29, 1.82) is 0 Å². The summed E-state index contributed by atoms with van der Waals surface area (Å²) in [5, 5.41) is 9.59. The van der Waals surface area contributed by atoms with Crippen LogP contribution in [0.15, 0.2) is 29.3 Å². The Bertz CT molecular complexity index is 659. The van der Waals surface area contributed by atoms with Gasteiger partial charge in [0, 0.05) is 31.2 Å². The number of carbonyl (C=O) groups excluding carboxylic acids is 1. The maximum atomic E-state index is 12.4. The first-order valence-electron chi connectivity index (χ1n) is 10.8. The Morgan fingerprint density at radius 3 is 2.52 bits per heavy atom. The molecule has 1 aliphatic rings. The largest absolute Gasteiger partial charge is 0.376 e. The summed E-state index contributed by atoms with van der Waals surface area (Å²) in [5.74, 6) is 0.677. The van der Waals surface area contributed by atoms with Crippen molar-refractivity contribution >= 4 is 11.9 Å². The predicted molar refractivity (Wildman–Crippen MR) is 119 cm³/mol. The molecule has 0 aliphatic heterocycles. The van der Waals surface area contributed by atoms with Crippen molar-refractivity contribution in [1.82, 2.24) is 16.0 Å². The number of carbonyl (C=O) groups is 1. The van der Waals surface area contributed by atoms with Gasteiger partial charge in [-0.3, -0.25) is 9.79 Å². The van der Waals surface area contributed by atoms with Gasteiger partial charge in [-0.1, -0.05) is 37.8 Å². The van der Waals surface area contributed by atoms with E-state index in [1.165, 1.54) is 38.5 Å². The molecule has 0 radical (unpaired) electrons. The van der Waals surface area contributed by atoms with Crippen molar-refractivity contribution in [2.75, 3.05) is 20.2 Å². The number of aliphatic imine (C=N–C) groups is 1. The molecule has 3 N–H and O–H groups in total. The molecule has 0 unspecified atom stereocenters. The zero-order valence-corrected chi connectivity index (χ0v) is 18.5. The highest BCUT2D eigenvalue weighted by atomic mass is 16.5. The van der Waals surface area contributed by atoms with Gasteiger partial charge < -0.3 is 20.7 Å². The van der Waals surface area contributed by atoms with E-state index in [0.717, 1.165) is 18.1 Å². The Hall–Kier alpha value is -2.08. The highest BCUT2D eigenvalue weighted by molar-refractivity contribution is 5.94. The highest BCUT2D eigenvalue weighted by Gasteiger charge is 2.15. The SMILES string of the molecule is CN=C(NCCOC1CCCCCC1)NCc1cccc(C(=O)NC(C)(C)C)c1. The van der Waals surface area contributed by atoms with E-state index in [2.05, 4.69) is 20.9 Å². The fraction of sp³-hybridized carbons (Fsp3) is 0.652. The summed E-state index contributed by atoms with van der Waals surface area (Å²) in [6, 6.07) is 7.66. The summed E-state index contributed by atoms with van der Waals surface area (Å²) in [4.78, 5) is 16.6. The summed E-state index contributed by atoms with van der Waals surface area (Å²) in [7, 11) is 1.76. The molecule has 6 heteroatoms. The van der Waals surface area contributed by atoms with Gasteiger partial charge in [0.25, 0.3) is 5.91 Å². The van der Waals surface area contributed by atoms with Crippen molar-refractivity contribution in [2.24, 2.45) is 4.99 Å². The van der Waals surface area contributed by atoms with Crippen molar-refractivity contribution in [3.63, 3.8) is 0 Å². The second kappa shape index (κ2) is 11.8. The van der Waals surface area contributed by atoms with Crippen LogP contribution in [-0.4, -0.2) is 43.7 Å². The third kappa shape index (κ3) is 9.31. The Kier molecular flexibility index (Phi) is 9.45. The van der Waals surface area contributed by atoms with Gasteiger partial charge in [-0.2, -0.15) is 0 Å². The van der Waals surface area contributed by atoms with Crippen LogP contribution >= 0.6 is 0 Å². The smallest absolute Gasteiger partial charge is 0.251 e. The van der Waals surface area contributed by atoms with Gasteiger partial charge in [-0.15, -0.1) is 0 Å². The van der Waals surface area contributed by atoms with Crippen LogP contribution in [0.25, 0.3) is 0 Å². The van der Waals surface area contributed by atoms with Crippen LogP contribution < -0.4 is 16.0 Å². The standard InChI is InChI=1S/C23H38N4O2/c1-23(2,3)27-21(28)19-11-9-10-18(16-19)17-26-22(24-4)25-14-15-29-20-12-7-5-6-8-13-20/h9-11,16,20H,5-8,12-15,17H2,1-4H3,(H,27,28)(H2,24,25,26). The van der Waals surface area contributed by atoms with Gasteiger partial charge in [0.1, 0.15) is 0 Å². The number of guanidine groups is 1. The molecule has 1 saturated carbocycles. The Morgan fingerprint density at radius 1 is 1.14 bits per heavy atom. The zero-order valence-electron chi connectivity index (χ0n) is 18.5. The third-order valence-corrected chi connectivity index (χ3v) is 4.91. The average molecular weight is 403 g/mol. The van der Waals surface area contributed by atoms with Gasteiger partial charge in [-0.25, -0.2) is 0 Å². The molecule has 1 fully saturated rings. The molecule has 29 heavy (non-hydrogen) atoms. The molecular formula is C23H38N4O2. The van der Waals surface area contributed by atoms with E-state index in [-0.39, 0.29) is 11.4 Å². The molecule has 1 aliphatic carbocycles. The minimum absolute atomic E-state index is 0.0579. The number of hydrogen-bond acceptors (Lipinski definition) is 3. The van der Waals surface area contributed by atoms with Crippen LogP contribution in [0.2, 0.25) is 0 Å². The van der Waals surface area contributed by atoms with Gasteiger partial charge in [-0.05, 0) is 51.3 Å². The number of nitrogens with zero attached hydrogens (tertiary/aromatic N) is 1. The summed E-state index contributed by atoms with van der Waals surface area (Å²) < 4.78 is 6.01. The highest BCUT2D eigenvalue weighted by Crippen LogP contribution is 2.19. The van der Waals surface area contributed by atoms with Crippen LogP contribution in [0.1, 0.15) is 75.2 Å². The van der Waals surface area contributed by atoms with Gasteiger partial charge in [0.05, 0.1) is 12.7 Å². The minimum atomic E-state index is -0.254. The lowest BCUT2D eigenvalue weighted by atomic mass is 10.1. The molecule has 0 spiro atoms. The second-order valence-corrected chi connectivity index (χ2v) is 8.74. The quantitative estimate of drug-likeness (QED) is 0.282. The first kappa shape index (κ1) is 23.2. The molecule has 2 rings (SSSR count). The second-order valence-electron chi connectivity index (χ2n) is 8.74. The first-order valence-corrected chi connectivity index (χ1v) is 10.8. The molecule has 1 amide bonds. The average Bonchev–Trinajstić information content (AvgIpc) is 2.95. The molecule has 1 aromatic rings. The summed E-state index contributed by atoms with van der Waals surface area (Å²) >= 11 is 0. The Balaban J connectivity index is 1.74. The molecular weight excluding hydrogens is 364 g/mol. The van der Waals surface area contributed by atoms with E-state index in [4.69, 9.17) is 4.74 Å². The number of rotatable bonds is 7. The predicted octanol–water partition coefficient (Wildman–Crippen LogP) is 3.62. The van der Waals surface area contributed by atoms with Crippen LogP contribution in [0, 0.1) is 0 Å². The minimum Gasteiger partial charge on any atom is -0.376 e. The fourth-order valence-corrected chi connectivity index (χ4v) is 3.45. The maximum Gasteiger partial charge on any atom is 0.251 e. The Morgan fingerprint density at radius 2 is 1.86 bits per heavy atom. The van der Waals surface area contributed by atoms with E-state index < -0.39 is 0 Å². The summed E-state index contributed by atoms with van der Waals surface area (Å²) in [6.07, 6.45) is 8.04. The van der Waals surface area contributed by atoms with Crippen molar-refractivity contribution in [3.8, 4) is 0 Å². The normalized spacial score (nSPS) is 16.2. The molecule has 162 valence electrons. The van der Waals surface area contributed by atoms with Crippen LogP contribution in [0.3, 0.4) is 0 Å². The number of nitrogens with one attached hydrogen (secondary N) is 3. The van der Waals surface area contributed by atoms with E-state index in [0.29, 0.717) is 24.8 Å². The summed E-state index contributed by atoms with van der Waals surface area (Å²) in [6.45, 7) is 7.94. The zero-order chi connectivity index (χ0) is 21.1. The number of benzene rings is 1. The molecule has 6 nitrogen and oxygen atoms in total. The number of ether oxygens (including phenoxy) is 1.